The van der Waals surface area contributed by atoms with Gasteiger partial charge in [-0.25, -0.2) is 0 Å². The number of nitrogens with one attached hydrogen (secondary N) is 1. The number of ether oxygens (including phenoxy) is 1. The van der Waals surface area contributed by atoms with E-state index in [4.69, 9.17) is 16.3 Å². The van der Waals surface area contributed by atoms with Crippen LogP contribution in [0.5, 0.6) is 5.75 Å². The average Bonchev–Trinajstić information content (AvgIpc) is 2.30. The quantitative estimate of drug-likeness (QED) is 0.859. The van der Waals surface area contributed by atoms with Gasteiger partial charge in [-0.3, -0.25) is 4.90 Å². The largest absolute Gasteiger partial charge is 0.491 e. The Labute approximate surface area is 140 Å². The van der Waals surface area contributed by atoms with Crippen LogP contribution in [0.15, 0.2) is 22.7 Å². The summed E-state index contributed by atoms with van der Waals surface area (Å²) < 4.78 is 6.70. The summed E-state index contributed by atoms with van der Waals surface area (Å²) in [6, 6.07) is 6.69. The molecule has 1 aliphatic rings. The predicted octanol–water partition coefficient (Wildman–Crippen LogP) is 3.59. The van der Waals surface area contributed by atoms with E-state index in [1.54, 1.807) is 0 Å². The van der Waals surface area contributed by atoms with Gasteiger partial charge in [0.2, 0.25) is 0 Å². The maximum absolute atomic E-state index is 5.90. The average molecular weight is 384 g/mol. The maximum atomic E-state index is 5.90. The first-order valence-corrected chi connectivity index (χ1v) is 7.78. The fourth-order valence-corrected chi connectivity index (χ4v) is 3.30. The van der Waals surface area contributed by atoms with Crippen LogP contribution in [0, 0.1) is 0 Å². The van der Waals surface area contributed by atoms with Crippen molar-refractivity contribution in [1.82, 2.24) is 10.2 Å². The van der Waals surface area contributed by atoms with Gasteiger partial charge in [0.1, 0.15) is 12.4 Å². The van der Waals surface area contributed by atoms with Gasteiger partial charge in [0, 0.05) is 36.7 Å². The summed E-state index contributed by atoms with van der Waals surface area (Å²) in [5.41, 5.74) is 0. The molecule has 3 nitrogen and oxygen atoms in total. The van der Waals surface area contributed by atoms with Crippen molar-refractivity contribution in [3.05, 3.63) is 27.7 Å². The van der Waals surface area contributed by atoms with Crippen molar-refractivity contribution < 1.29 is 4.74 Å². The lowest BCUT2D eigenvalue weighted by atomic mass is 10.1. The second kappa shape index (κ2) is 8.44. The molecule has 1 aromatic carbocycles. The van der Waals surface area contributed by atoms with Crippen LogP contribution in [-0.2, 0) is 0 Å². The summed E-state index contributed by atoms with van der Waals surface area (Å²) in [7, 11) is 0. The highest BCUT2D eigenvalue weighted by atomic mass is 79.9. The number of piperazine rings is 1. The van der Waals surface area contributed by atoms with Crippen LogP contribution in [-0.4, -0.2) is 43.2 Å². The first-order chi connectivity index (χ1) is 9.04. The third-order valence-electron chi connectivity index (χ3n) is 3.19. The molecule has 1 fully saturated rings. The van der Waals surface area contributed by atoms with Crippen molar-refractivity contribution in [3.8, 4) is 5.75 Å². The lowest BCUT2D eigenvalue weighted by molar-refractivity contribution is 0.146. The minimum atomic E-state index is 0. The van der Waals surface area contributed by atoms with E-state index in [0.717, 1.165) is 29.9 Å². The molecule has 0 spiro atoms. The molecule has 0 radical (unpaired) electrons. The highest BCUT2D eigenvalue weighted by molar-refractivity contribution is 9.10. The predicted molar refractivity (Wildman–Crippen MR) is 90.4 cm³/mol. The molecular weight excluding hydrogens is 363 g/mol. The van der Waals surface area contributed by atoms with Crippen LogP contribution in [0.25, 0.3) is 0 Å². The molecule has 2 atom stereocenters. The number of hydrogen-bond acceptors (Lipinski definition) is 3. The lowest BCUT2D eigenvalue weighted by Crippen LogP contribution is -2.54. The number of rotatable bonds is 4. The van der Waals surface area contributed by atoms with Crippen molar-refractivity contribution in [1.29, 1.82) is 0 Å². The van der Waals surface area contributed by atoms with E-state index < -0.39 is 0 Å². The Morgan fingerprint density at radius 3 is 2.60 bits per heavy atom. The van der Waals surface area contributed by atoms with Gasteiger partial charge in [-0.05, 0) is 48.0 Å². The number of halogens is 3. The molecule has 0 amide bonds. The molecule has 1 heterocycles. The molecule has 1 N–H and O–H groups in total. The van der Waals surface area contributed by atoms with Gasteiger partial charge in [0.05, 0.1) is 4.47 Å². The normalized spacial score (nSPS) is 23.2. The Morgan fingerprint density at radius 1 is 1.35 bits per heavy atom. The zero-order valence-corrected chi connectivity index (χ0v) is 14.9. The number of benzene rings is 1. The second-order valence-corrected chi connectivity index (χ2v) is 6.44. The third kappa shape index (κ3) is 5.41. The first-order valence-electron chi connectivity index (χ1n) is 6.61. The van der Waals surface area contributed by atoms with E-state index in [9.17, 15) is 0 Å². The fourth-order valence-electron chi connectivity index (χ4n) is 2.50. The van der Waals surface area contributed by atoms with Gasteiger partial charge in [-0.1, -0.05) is 11.6 Å². The molecule has 1 aliphatic heterocycles. The Morgan fingerprint density at radius 2 is 2.00 bits per heavy atom. The fraction of sp³-hybridized carbons (Fsp3) is 0.571. The van der Waals surface area contributed by atoms with Crippen molar-refractivity contribution in [2.45, 2.75) is 25.9 Å². The Hall–Kier alpha value is -0.000000000000000111. The number of nitrogens with zero attached hydrogens (tertiary/aromatic N) is 1. The Bertz CT molecular complexity index is 424. The van der Waals surface area contributed by atoms with Gasteiger partial charge >= 0.3 is 0 Å². The molecule has 114 valence electrons. The van der Waals surface area contributed by atoms with E-state index in [2.05, 4.69) is 40.0 Å². The molecule has 6 heteroatoms. The topological polar surface area (TPSA) is 24.5 Å². The van der Waals surface area contributed by atoms with Crippen LogP contribution >= 0.6 is 39.9 Å². The Balaban J connectivity index is 0.00000200. The summed E-state index contributed by atoms with van der Waals surface area (Å²) in [5.74, 6) is 0.848. The van der Waals surface area contributed by atoms with Gasteiger partial charge < -0.3 is 10.1 Å². The van der Waals surface area contributed by atoms with Gasteiger partial charge in [-0.15, -0.1) is 12.4 Å². The van der Waals surface area contributed by atoms with Gasteiger partial charge in [0.15, 0.2) is 0 Å². The van der Waals surface area contributed by atoms with E-state index >= 15 is 0 Å². The maximum Gasteiger partial charge on any atom is 0.133 e. The zero-order valence-electron chi connectivity index (χ0n) is 11.7. The minimum Gasteiger partial charge on any atom is -0.491 e. The summed E-state index contributed by atoms with van der Waals surface area (Å²) >= 11 is 9.36. The first kappa shape index (κ1) is 18.1. The Kier molecular flexibility index (Phi) is 7.62. The highest BCUT2D eigenvalue weighted by Gasteiger charge is 2.20. The molecule has 0 saturated carbocycles. The number of hydrogen-bond donors (Lipinski definition) is 1. The van der Waals surface area contributed by atoms with Crippen LogP contribution in [0.1, 0.15) is 13.8 Å². The summed E-state index contributed by atoms with van der Waals surface area (Å²) in [6.07, 6.45) is 0. The monoisotopic (exact) mass is 382 g/mol. The van der Waals surface area contributed by atoms with Crippen LogP contribution in [0.3, 0.4) is 0 Å². The van der Waals surface area contributed by atoms with Crippen molar-refractivity contribution in [2.75, 3.05) is 26.2 Å². The molecule has 0 bridgehead atoms. The van der Waals surface area contributed by atoms with Gasteiger partial charge in [-0.2, -0.15) is 0 Å². The zero-order chi connectivity index (χ0) is 13.8. The highest BCUT2D eigenvalue weighted by Crippen LogP contribution is 2.27. The molecule has 2 unspecified atom stereocenters. The molecule has 0 aliphatic carbocycles. The SMILES string of the molecule is CC1CN(CCOc2ccc(Cl)cc2Br)CC(C)N1.Cl. The van der Waals surface area contributed by atoms with Crippen LogP contribution in [0.4, 0.5) is 0 Å². The molecule has 1 aromatic rings. The second-order valence-electron chi connectivity index (χ2n) is 5.15. The summed E-state index contributed by atoms with van der Waals surface area (Å²) in [4.78, 5) is 2.44. The summed E-state index contributed by atoms with van der Waals surface area (Å²) in [6.45, 7) is 8.24. The van der Waals surface area contributed by atoms with Crippen molar-refractivity contribution >= 4 is 39.9 Å². The van der Waals surface area contributed by atoms with Crippen LogP contribution < -0.4 is 10.1 Å². The van der Waals surface area contributed by atoms with Crippen molar-refractivity contribution in [3.63, 3.8) is 0 Å². The standard InChI is InChI=1S/C14H20BrClN2O.ClH/c1-10-8-18(9-11(2)17-10)5-6-19-14-4-3-12(16)7-13(14)15;/h3-4,7,10-11,17H,5-6,8-9H2,1-2H3;1H. The minimum absolute atomic E-state index is 0. The molecule has 1 saturated heterocycles. The lowest BCUT2D eigenvalue weighted by Gasteiger charge is -2.36. The van der Waals surface area contributed by atoms with E-state index in [-0.39, 0.29) is 12.4 Å². The molecular formula is C14H21BrCl2N2O. The van der Waals surface area contributed by atoms with E-state index in [0.29, 0.717) is 23.7 Å². The summed E-state index contributed by atoms with van der Waals surface area (Å²) in [5, 5.41) is 4.24. The third-order valence-corrected chi connectivity index (χ3v) is 4.05. The molecule has 20 heavy (non-hydrogen) atoms. The van der Waals surface area contributed by atoms with Crippen LogP contribution in [0.2, 0.25) is 5.02 Å². The molecule has 2 rings (SSSR count). The van der Waals surface area contributed by atoms with Crippen molar-refractivity contribution in [2.24, 2.45) is 0 Å². The van der Waals surface area contributed by atoms with E-state index in [1.807, 2.05) is 18.2 Å². The smallest absolute Gasteiger partial charge is 0.133 e. The molecule has 0 aromatic heterocycles. The van der Waals surface area contributed by atoms with E-state index in [1.165, 1.54) is 0 Å². The van der Waals surface area contributed by atoms with Gasteiger partial charge in [0.25, 0.3) is 0 Å².